The molecule has 0 aliphatic heterocycles. The molecule has 0 radical (unpaired) electrons. The van der Waals surface area contributed by atoms with Gasteiger partial charge in [0.1, 0.15) is 5.82 Å². The minimum Gasteiger partial charge on any atom is -0.309 e. The quantitative estimate of drug-likeness (QED) is 0.198. The van der Waals surface area contributed by atoms with Crippen molar-refractivity contribution in [2.24, 2.45) is 0 Å². The van der Waals surface area contributed by atoms with Crippen LogP contribution in [0.25, 0.3) is 88.5 Å². The summed E-state index contributed by atoms with van der Waals surface area (Å²) in [5.74, 6) is 1.54. The lowest BCUT2D eigenvalue weighted by atomic mass is 10.1. The SMILES string of the molecule is c1ccc(-c2cc(-n3c4ccccc4c4c5c6ccccc6n(-c6ccccc6)c5ccc43)nc(-c3ccc4ccccc4c3)n2)cc1. The zero-order valence-electron chi connectivity index (χ0n) is 26.0. The highest BCUT2D eigenvalue weighted by atomic mass is 15.1. The van der Waals surface area contributed by atoms with Crippen LogP contribution in [0.4, 0.5) is 0 Å². The van der Waals surface area contributed by atoms with Gasteiger partial charge in [-0.15, -0.1) is 0 Å². The molecule has 10 aromatic rings. The second-order valence-corrected chi connectivity index (χ2v) is 12.3. The van der Waals surface area contributed by atoms with Crippen LogP contribution in [-0.2, 0) is 0 Å². The molecule has 7 aromatic carbocycles. The summed E-state index contributed by atoms with van der Waals surface area (Å²) >= 11 is 0. The van der Waals surface area contributed by atoms with E-state index in [1.165, 1.54) is 43.4 Å². The molecule has 0 N–H and O–H groups in total. The average Bonchev–Trinajstić information content (AvgIpc) is 3.68. The number of hydrogen-bond acceptors (Lipinski definition) is 2. The molecule has 0 saturated carbocycles. The summed E-state index contributed by atoms with van der Waals surface area (Å²) < 4.78 is 4.70. The van der Waals surface area contributed by atoms with Crippen LogP contribution < -0.4 is 0 Å². The van der Waals surface area contributed by atoms with Gasteiger partial charge < -0.3 is 4.57 Å². The number of nitrogens with zero attached hydrogens (tertiary/aromatic N) is 4. The second kappa shape index (κ2) is 10.5. The summed E-state index contributed by atoms with van der Waals surface area (Å²) in [7, 11) is 0. The van der Waals surface area contributed by atoms with Crippen LogP contribution >= 0.6 is 0 Å². The van der Waals surface area contributed by atoms with Crippen molar-refractivity contribution in [3.63, 3.8) is 0 Å². The molecule has 0 aliphatic rings. The van der Waals surface area contributed by atoms with Gasteiger partial charge in [0.2, 0.25) is 0 Å². The predicted molar refractivity (Wildman–Crippen MR) is 199 cm³/mol. The third-order valence-corrected chi connectivity index (χ3v) is 9.51. The molecule has 0 spiro atoms. The van der Waals surface area contributed by atoms with Crippen LogP contribution in [0.2, 0.25) is 0 Å². The topological polar surface area (TPSA) is 35.6 Å². The predicted octanol–water partition coefficient (Wildman–Crippen LogP) is 11.2. The molecular weight excluding hydrogens is 585 g/mol. The van der Waals surface area contributed by atoms with Gasteiger partial charge >= 0.3 is 0 Å². The highest BCUT2D eigenvalue weighted by molar-refractivity contribution is 6.28. The number of rotatable bonds is 4. The molecule has 4 nitrogen and oxygen atoms in total. The Labute approximate surface area is 276 Å². The molecule has 48 heavy (non-hydrogen) atoms. The van der Waals surface area contributed by atoms with Gasteiger partial charge in [-0.05, 0) is 53.2 Å². The largest absolute Gasteiger partial charge is 0.309 e. The Kier molecular flexibility index (Phi) is 5.84. The van der Waals surface area contributed by atoms with Gasteiger partial charge in [0.15, 0.2) is 5.82 Å². The van der Waals surface area contributed by atoms with Crippen molar-refractivity contribution >= 4 is 54.4 Å². The second-order valence-electron chi connectivity index (χ2n) is 12.3. The highest BCUT2D eigenvalue weighted by Gasteiger charge is 2.21. The molecule has 3 heterocycles. The highest BCUT2D eigenvalue weighted by Crippen LogP contribution is 2.42. The van der Waals surface area contributed by atoms with Gasteiger partial charge in [-0.25, -0.2) is 9.97 Å². The molecule has 0 amide bonds. The van der Waals surface area contributed by atoms with E-state index in [0.29, 0.717) is 5.82 Å². The fourth-order valence-corrected chi connectivity index (χ4v) is 7.38. The lowest BCUT2D eigenvalue weighted by molar-refractivity contribution is 1.05. The molecular formula is C44H28N4. The van der Waals surface area contributed by atoms with Crippen LogP contribution in [0, 0.1) is 0 Å². The van der Waals surface area contributed by atoms with E-state index >= 15 is 0 Å². The Morgan fingerprint density at radius 3 is 1.69 bits per heavy atom. The van der Waals surface area contributed by atoms with Gasteiger partial charge in [0.25, 0.3) is 0 Å². The van der Waals surface area contributed by atoms with E-state index in [1.54, 1.807) is 0 Å². The van der Waals surface area contributed by atoms with Gasteiger partial charge in [-0.1, -0.05) is 121 Å². The minimum absolute atomic E-state index is 0.699. The van der Waals surface area contributed by atoms with E-state index in [2.05, 4.69) is 173 Å². The van der Waals surface area contributed by atoms with Gasteiger partial charge in [-0.2, -0.15) is 0 Å². The number of para-hydroxylation sites is 3. The lowest BCUT2D eigenvalue weighted by Gasteiger charge is -2.12. The van der Waals surface area contributed by atoms with E-state index in [-0.39, 0.29) is 0 Å². The maximum absolute atomic E-state index is 5.32. The Morgan fingerprint density at radius 1 is 0.375 bits per heavy atom. The molecule has 0 aliphatic carbocycles. The van der Waals surface area contributed by atoms with E-state index in [0.717, 1.165) is 39.4 Å². The summed E-state index contributed by atoms with van der Waals surface area (Å²) in [6, 6.07) is 60.0. The van der Waals surface area contributed by atoms with Crippen molar-refractivity contribution in [1.29, 1.82) is 0 Å². The van der Waals surface area contributed by atoms with Crippen molar-refractivity contribution in [2.75, 3.05) is 0 Å². The van der Waals surface area contributed by atoms with E-state index < -0.39 is 0 Å². The molecule has 0 bridgehead atoms. The van der Waals surface area contributed by atoms with Gasteiger partial charge in [-0.3, -0.25) is 4.57 Å². The van der Waals surface area contributed by atoms with Crippen LogP contribution in [0.15, 0.2) is 170 Å². The smallest absolute Gasteiger partial charge is 0.162 e. The average molecular weight is 613 g/mol. The lowest BCUT2D eigenvalue weighted by Crippen LogP contribution is -2.02. The first-order chi connectivity index (χ1) is 23.8. The van der Waals surface area contributed by atoms with E-state index in [9.17, 15) is 0 Å². The van der Waals surface area contributed by atoms with Gasteiger partial charge in [0, 0.05) is 44.4 Å². The number of fused-ring (bicyclic) bond motifs is 8. The van der Waals surface area contributed by atoms with Crippen molar-refractivity contribution < 1.29 is 0 Å². The first kappa shape index (κ1) is 26.7. The fourth-order valence-electron chi connectivity index (χ4n) is 7.38. The zero-order chi connectivity index (χ0) is 31.6. The van der Waals surface area contributed by atoms with Gasteiger partial charge in [0.05, 0.1) is 27.8 Å². The third-order valence-electron chi connectivity index (χ3n) is 9.51. The molecule has 224 valence electrons. The normalized spacial score (nSPS) is 11.8. The third kappa shape index (κ3) is 4.03. The van der Waals surface area contributed by atoms with Crippen molar-refractivity contribution in [1.82, 2.24) is 19.1 Å². The fraction of sp³-hybridized carbons (Fsp3) is 0. The number of hydrogen-bond donors (Lipinski definition) is 0. The number of benzene rings is 7. The van der Waals surface area contributed by atoms with Crippen LogP contribution in [0.5, 0.6) is 0 Å². The molecule has 3 aromatic heterocycles. The Morgan fingerprint density at radius 2 is 0.958 bits per heavy atom. The van der Waals surface area contributed by atoms with E-state index in [1.807, 2.05) is 6.07 Å². The molecule has 0 atom stereocenters. The molecule has 0 fully saturated rings. The maximum atomic E-state index is 5.32. The summed E-state index contributed by atoms with van der Waals surface area (Å²) in [5.41, 5.74) is 8.67. The Hall–Kier alpha value is -6.52. The zero-order valence-corrected chi connectivity index (χ0v) is 26.0. The van der Waals surface area contributed by atoms with Crippen molar-refractivity contribution in [2.45, 2.75) is 0 Å². The molecule has 0 unspecified atom stereocenters. The van der Waals surface area contributed by atoms with Crippen molar-refractivity contribution in [3.05, 3.63) is 170 Å². The van der Waals surface area contributed by atoms with Crippen LogP contribution in [0.1, 0.15) is 0 Å². The monoisotopic (exact) mass is 612 g/mol. The Balaban J connectivity index is 1.31. The number of aromatic nitrogens is 4. The minimum atomic E-state index is 0.699. The Bertz CT molecular complexity index is 2830. The summed E-state index contributed by atoms with van der Waals surface area (Å²) in [6.07, 6.45) is 0. The molecule has 10 rings (SSSR count). The maximum Gasteiger partial charge on any atom is 0.162 e. The van der Waals surface area contributed by atoms with E-state index in [4.69, 9.17) is 9.97 Å². The summed E-state index contributed by atoms with van der Waals surface area (Å²) in [5, 5.41) is 7.26. The van der Waals surface area contributed by atoms with Crippen LogP contribution in [0.3, 0.4) is 0 Å². The summed E-state index contributed by atoms with van der Waals surface area (Å²) in [6.45, 7) is 0. The molecule has 4 heteroatoms. The first-order valence-electron chi connectivity index (χ1n) is 16.3. The standard InChI is InChI=1S/C44H28N4/c1-3-14-30(15-4-1)36-28-41(46-44(45-36)32-24-23-29-13-7-8-16-31(29)27-32)48-38-22-12-10-20-35(38)43-40(48)26-25-39-42(43)34-19-9-11-21-37(34)47(39)33-17-5-2-6-18-33/h1-28H. The van der Waals surface area contributed by atoms with Crippen molar-refractivity contribution in [3.8, 4) is 34.2 Å². The summed E-state index contributed by atoms with van der Waals surface area (Å²) in [4.78, 5) is 10.5. The first-order valence-corrected chi connectivity index (χ1v) is 16.3. The van der Waals surface area contributed by atoms with Crippen LogP contribution in [-0.4, -0.2) is 19.1 Å². The molecule has 0 saturated heterocycles.